The van der Waals surface area contributed by atoms with E-state index in [-0.39, 0.29) is 12.4 Å². The number of hydrogen-bond donors (Lipinski definition) is 2. The van der Waals surface area contributed by atoms with E-state index in [2.05, 4.69) is 10.8 Å². The highest BCUT2D eigenvalue weighted by molar-refractivity contribution is 6.17. The van der Waals surface area contributed by atoms with Crippen molar-refractivity contribution in [3.8, 4) is 5.75 Å². The standard InChI is InChI=1S/C22H17F2N2O3/c23-22(24)29-15-7-4-13(5-8-15)11-26-18-3-1-2-17(21(25)28)20(18)16-9-6-14(12-27)10-19(16)26/h1-8,10,22,27H,11-12H2,(H2,25,28). The molecule has 0 fully saturated rings. The highest BCUT2D eigenvalue weighted by Gasteiger charge is 2.17. The number of aromatic nitrogens is 1. The second kappa shape index (κ2) is 7.52. The van der Waals surface area contributed by atoms with E-state index in [1.54, 1.807) is 30.3 Å². The topological polar surface area (TPSA) is 77.5 Å². The Morgan fingerprint density at radius 1 is 1.14 bits per heavy atom. The molecule has 1 amide bonds. The Balaban J connectivity index is 1.87. The summed E-state index contributed by atoms with van der Waals surface area (Å²) in [5.41, 5.74) is 9.06. The maximum absolute atomic E-state index is 12.4. The van der Waals surface area contributed by atoms with Gasteiger partial charge in [0.25, 0.3) is 0 Å². The molecule has 0 unspecified atom stereocenters. The lowest BCUT2D eigenvalue weighted by molar-refractivity contribution is -0.0498. The number of aliphatic hydroxyl groups is 1. The van der Waals surface area contributed by atoms with Gasteiger partial charge in [-0.05, 0) is 53.6 Å². The number of hydrogen-bond acceptors (Lipinski definition) is 3. The molecule has 0 aliphatic rings. The maximum atomic E-state index is 12.4. The second-order valence-electron chi connectivity index (χ2n) is 6.60. The number of rotatable bonds is 6. The van der Waals surface area contributed by atoms with Crippen molar-refractivity contribution in [3.05, 3.63) is 77.4 Å². The van der Waals surface area contributed by atoms with Crippen molar-refractivity contribution in [2.75, 3.05) is 0 Å². The summed E-state index contributed by atoms with van der Waals surface area (Å²) in [4.78, 5) is 12.0. The number of halogens is 2. The zero-order valence-corrected chi connectivity index (χ0v) is 15.2. The van der Waals surface area contributed by atoms with Gasteiger partial charge in [0, 0.05) is 22.9 Å². The number of carbonyl (C=O) groups is 1. The first kappa shape index (κ1) is 18.9. The Bertz CT molecular complexity index is 1200. The van der Waals surface area contributed by atoms with Gasteiger partial charge in [0.1, 0.15) is 5.75 Å². The van der Waals surface area contributed by atoms with Crippen LogP contribution in [-0.2, 0) is 13.2 Å². The van der Waals surface area contributed by atoms with Crippen molar-refractivity contribution in [1.82, 2.24) is 4.57 Å². The molecule has 0 aliphatic carbocycles. The van der Waals surface area contributed by atoms with E-state index in [0.717, 1.165) is 22.0 Å². The Kier molecular flexibility index (Phi) is 4.90. The van der Waals surface area contributed by atoms with Gasteiger partial charge >= 0.3 is 6.61 Å². The highest BCUT2D eigenvalue weighted by Crippen LogP contribution is 2.33. The van der Waals surface area contributed by atoms with E-state index in [1.165, 1.54) is 12.1 Å². The van der Waals surface area contributed by atoms with E-state index in [4.69, 9.17) is 5.73 Å². The summed E-state index contributed by atoms with van der Waals surface area (Å²) in [6, 6.07) is 18.3. The fraction of sp³-hybridized carbons (Fsp3) is 0.136. The number of amides is 1. The number of alkyl halides is 2. The fourth-order valence-electron chi connectivity index (χ4n) is 3.52. The minimum Gasteiger partial charge on any atom is -0.435 e. The van der Waals surface area contributed by atoms with Gasteiger partial charge in [-0.2, -0.15) is 8.78 Å². The van der Waals surface area contributed by atoms with Crippen LogP contribution in [0.5, 0.6) is 5.75 Å². The Morgan fingerprint density at radius 2 is 1.90 bits per heavy atom. The summed E-state index contributed by atoms with van der Waals surface area (Å²) in [5.74, 6) is -0.458. The SMILES string of the molecule is NC(=O)c1cccc2c1c1[c]cc(CO)cc1n2Cc1ccc(OC(F)F)cc1. The highest BCUT2D eigenvalue weighted by atomic mass is 19.3. The molecular formula is C22H17F2N2O3. The molecule has 3 N–H and O–H groups in total. The summed E-state index contributed by atoms with van der Waals surface area (Å²) in [6.07, 6.45) is 0. The Morgan fingerprint density at radius 3 is 2.55 bits per heavy atom. The van der Waals surface area contributed by atoms with Crippen LogP contribution in [0.15, 0.2) is 54.6 Å². The lowest BCUT2D eigenvalue weighted by Gasteiger charge is -2.10. The van der Waals surface area contributed by atoms with Crippen LogP contribution in [0.2, 0.25) is 0 Å². The smallest absolute Gasteiger partial charge is 0.387 e. The number of carbonyl (C=O) groups excluding carboxylic acids is 1. The molecule has 4 rings (SSSR count). The van der Waals surface area contributed by atoms with Crippen molar-refractivity contribution in [2.24, 2.45) is 5.73 Å². The second-order valence-corrected chi connectivity index (χ2v) is 6.60. The first-order valence-electron chi connectivity index (χ1n) is 8.88. The van der Waals surface area contributed by atoms with Gasteiger partial charge in [-0.3, -0.25) is 4.79 Å². The molecule has 0 saturated carbocycles. The minimum absolute atomic E-state index is 0.0814. The predicted molar refractivity (Wildman–Crippen MR) is 105 cm³/mol. The fourth-order valence-corrected chi connectivity index (χ4v) is 3.52. The minimum atomic E-state index is -2.88. The summed E-state index contributed by atoms with van der Waals surface area (Å²) < 4.78 is 31.1. The van der Waals surface area contributed by atoms with E-state index >= 15 is 0 Å². The van der Waals surface area contributed by atoms with E-state index < -0.39 is 12.5 Å². The Hall–Kier alpha value is -3.45. The Labute approximate surface area is 164 Å². The van der Waals surface area contributed by atoms with Gasteiger partial charge in [-0.1, -0.05) is 18.2 Å². The third-order valence-corrected chi connectivity index (χ3v) is 4.79. The summed E-state index contributed by atoms with van der Waals surface area (Å²) in [7, 11) is 0. The molecule has 147 valence electrons. The number of ether oxygens (including phenoxy) is 1. The van der Waals surface area contributed by atoms with Gasteiger partial charge in [0.05, 0.1) is 17.6 Å². The lowest BCUT2D eigenvalue weighted by Crippen LogP contribution is -2.11. The first-order valence-corrected chi connectivity index (χ1v) is 8.88. The van der Waals surface area contributed by atoms with Gasteiger partial charge in [-0.15, -0.1) is 0 Å². The zero-order chi connectivity index (χ0) is 20.5. The van der Waals surface area contributed by atoms with Crippen molar-refractivity contribution in [2.45, 2.75) is 19.8 Å². The average molecular weight is 395 g/mol. The van der Waals surface area contributed by atoms with Crippen LogP contribution in [-0.4, -0.2) is 22.2 Å². The molecule has 3 aromatic carbocycles. The molecule has 0 aliphatic heterocycles. The molecule has 5 nitrogen and oxygen atoms in total. The number of aliphatic hydroxyl groups excluding tert-OH is 1. The largest absolute Gasteiger partial charge is 0.435 e. The quantitative estimate of drug-likeness (QED) is 0.521. The van der Waals surface area contributed by atoms with E-state index in [0.29, 0.717) is 23.1 Å². The van der Waals surface area contributed by atoms with Crippen molar-refractivity contribution in [1.29, 1.82) is 0 Å². The molecule has 1 radical (unpaired) electrons. The van der Waals surface area contributed by atoms with E-state index in [9.17, 15) is 18.7 Å². The summed E-state index contributed by atoms with van der Waals surface area (Å²) in [6.45, 7) is -2.60. The van der Waals surface area contributed by atoms with Crippen LogP contribution in [0.4, 0.5) is 8.78 Å². The van der Waals surface area contributed by atoms with E-state index in [1.807, 2.05) is 16.7 Å². The predicted octanol–water partition coefficient (Wildman–Crippen LogP) is 3.84. The van der Waals surface area contributed by atoms with Crippen LogP contribution >= 0.6 is 0 Å². The molecular weight excluding hydrogens is 378 g/mol. The first-order chi connectivity index (χ1) is 14.0. The molecule has 7 heteroatoms. The number of fused-ring (bicyclic) bond motifs is 3. The third-order valence-electron chi connectivity index (χ3n) is 4.79. The third kappa shape index (κ3) is 3.52. The number of nitrogens with two attached hydrogens (primary N) is 1. The van der Waals surface area contributed by atoms with Gasteiger partial charge in [0.15, 0.2) is 0 Å². The average Bonchev–Trinajstić information content (AvgIpc) is 3.02. The molecule has 29 heavy (non-hydrogen) atoms. The van der Waals surface area contributed by atoms with Crippen LogP contribution in [0.1, 0.15) is 21.5 Å². The summed E-state index contributed by atoms with van der Waals surface area (Å²) in [5, 5.41) is 10.9. The van der Waals surface area contributed by atoms with Gasteiger partial charge < -0.3 is 20.1 Å². The van der Waals surface area contributed by atoms with Gasteiger partial charge in [0.2, 0.25) is 5.91 Å². The van der Waals surface area contributed by atoms with Crippen molar-refractivity contribution in [3.63, 3.8) is 0 Å². The van der Waals surface area contributed by atoms with Crippen LogP contribution in [0.3, 0.4) is 0 Å². The van der Waals surface area contributed by atoms with Crippen LogP contribution in [0, 0.1) is 6.07 Å². The number of nitrogens with zero attached hydrogens (tertiary/aromatic N) is 1. The monoisotopic (exact) mass is 395 g/mol. The normalized spacial score (nSPS) is 11.4. The molecule has 4 aromatic rings. The van der Waals surface area contributed by atoms with Gasteiger partial charge in [-0.25, -0.2) is 0 Å². The van der Waals surface area contributed by atoms with Crippen molar-refractivity contribution < 1.29 is 23.4 Å². The molecule has 0 atom stereocenters. The molecule has 0 saturated heterocycles. The van der Waals surface area contributed by atoms with Crippen LogP contribution in [0.25, 0.3) is 21.8 Å². The van der Waals surface area contributed by atoms with Crippen molar-refractivity contribution >= 4 is 27.7 Å². The maximum Gasteiger partial charge on any atom is 0.387 e. The molecule has 0 spiro atoms. The summed E-state index contributed by atoms with van der Waals surface area (Å²) >= 11 is 0. The number of benzene rings is 3. The van der Waals surface area contributed by atoms with Crippen LogP contribution < -0.4 is 10.5 Å². The lowest BCUT2D eigenvalue weighted by atomic mass is 10.0. The number of primary amides is 1. The molecule has 0 bridgehead atoms. The molecule has 1 heterocycles. The zero-order valence-electron chi connectivity index (χ0n) is 15.2. The molecule has 1 aromatic heterocycles.